The Hall–Kier alpha value is -1.10. The lowest BCUT2D eigenvalue weighted by Gasteiger charge is -2.15. The van der Waals surface area contributed by atoms with E-state index in [0.717, 1.165) is 18.8 Å². The molecular formula is C13H19NO3. The van der Waals surface area contributed by atoms with Gasteiger partial charge in [0.05, 0.1) is 13.2 Å². The van der Waals surface area contributed by atoms with E-state index >= 15 is 0 Å². The number of nitrogens with one attached hydrogen (secondary N) is 1. The van der Waals surface area contributed by atoms with Gasteiger partial charge in [0, 0.05) is 25.6 Å². The van der Waals surface area contributed by atoms with Crippen LogP contribution in [0, 0.1) is 0 Å². The Labute approximate surface area is 101 Å². The molecule has 0 aliphatic carbocycles. The minimum atomic E-state index is -0.0375. The average Bonchev–Trinajstić information content (AvgIpc) is 2.81. The van der Waals surface area contributed by atoms with Gasteiger partial charge in [-0.05, 0) is 23.6 Å². The fourth-order valence-corrected chi connectivity index (χ4v) is 2.03. The van der Waals surface area contributed by atoms with Gasteiger partial charge in [0.25, 0.3) is 0 Å². The lowest BCUT2D eigenvalue weighted by molar-refractivity contribution is 0.200. The summed E-state index contributed by atoms with van der Waals surface area (Å²) in [7, 11) is 0. The van der Waals surface area contributed by atoms with Crippen molar-refractivity contribution in [2.75, 3.05) is 19.8 Å². The van der Waals surface area contributed by atoms with E-state index in [1.807, 2.05) is 12.1 Å². The molecule has 17 heavy (non-hydrogen) atoms. The van der Waals surface area contributed by atoms with Gasteiger partial charge < -0.3 is 20.3 Å². The molecule has 0 aromatic heterocycles. The van der Waals surface area contributed by atoms with Gasteiger partial charge in [0.2, 0.25) is 0 Å². The maximum absolute atomic E-state index is 9.10. The molecule has 0 amide bonds. The third-order valence-electron chi connectivity index (χ3n) is 3.05. The zero-order valence-corrected chi connectivity index (χ0v) is 9.85. The van der Waals surface area contributed by atoms with Crippen molar-refractivity contribution in [1.29, 1.82) is 0 Å². The predicted molar refractivity (Wildman–Crippen MR) is 65.1 cm³/mol. The third-order valence-corrected chi connectivity index (χ3v) is 3.05. The first-order chi connectivity index (χ1) is 8.33. The minimum absolute atomic E-state index is 0.0375. The van der Waals surface area contributed by atoms with E-state index in [1.165, 1.54) is 11.1 Å². The molecule has 1 aliphatic heterocycles. The standard InChI is InChI=1S/C13H19NO3/c15-5-3-12(9-16)14-8-10-1-2-13-11(7-10)4-6-17-13/h1-2,7,12,14-16H,3-6,8-9H2. The summed E-state index contributed by atoms with van der Waals surface area (Å²) in [5, 5.41) is 21.1. The summed E-state index contributed by atoms with van der Waals surface area (Å²) < 4.78 is 5.45. The summed E-state index contributed by atoms with van der Waals surface area (Å²) in [5.41, 5.74) is 2.44. The highest BCUT2D eigenvalue weighted by Gasteiger charge is 2.12. The van der Waals surface area contributed by atoms with Crippen LogP contribution in [0.5, 0.6) is 5.75 Å². The SMILES string of the molecule is OCCC(CO)NCc1ccc2c(c1)CCO2. The Morgan fingerprint density at radius 3 is 3.00 bits per heavy atom. The average molecular weight is 237 g/mol. The molecule has 0 saturated carbocycles. The molecule has 1 unspecified atom stereocenters. The van der Waals surface area contributed by atoms with Crippen LogP contribution >= 0.6 is 0 Å². The van der Waals surface area contributed by atoms with Crippen LogP contribution in [0.2, 0.25) is 0 Å². The second-order valence-corrected chi connectivity index (χ2v) is 4.31. The highest BCUT2D eigenvalue weighted by Crippen LogP contribution is 2.25. The summed E-state index contributed by atoms with van der Waals surface area (Å²) in [5.74, 6) is 0.989. The third kappa shape index (κ3) is 3.19. The maximum Gasteiger partial charge on any atom is 0.122 e. The number of aliphatic hydroxyl groups is 2. The van der Waals surface area contributed by atoms with Crippen molar-refractivity contribution in [3.05, 3.63) is 29.3 Å². The number of hydrogen-bond donors (Lipinski definition) is 3. The van der Waals surface area contributed by atoms with Crippen molar-refractivity contribution in [3.63, 3.8) is 0 Å². The van der Waals surface area contributed by atoms with Crippen LogP contribution in [-0.4, -0.2) is 36.1 Å². The smallest absolute Gasteiger partial charge is 0.122 e. The van der Waals surface area contributed by atoms with Gasteiger partial charge in [-0.15, -0.1) is 0 Å². The van der Waals surface area contributed by atoms with Gasteiger partial charge in [0.1, 0.15) is 5.75 Å². The quantitative estimate of drug-likeness (QED) is 0.672. The van der Waals surface area contributed by atoms with Crippen molar-refractivity contribution >= 4 is 0 Å². The van der Waals surface area contributed by atoms with E-state index in [-0.39, 0.29) is 19.3 Å². The number of rotatable bonds is 6. The van der Waals surface area contributed by atoms with Gasteiger partial charge in [-0.25, -0.2) is 0 Å². The highest BCUT2D eigenvalue weighted by molar-refractivity contribution is 5.39. The Morgan fingerprint density at radius 2 is 2.24 bits per heavy atom. The zero-order valence-electron chi connectivity index (χ0n) is 9.85. The molecule has 0 spiro atoms. The van der Waals surface area contributed by atoms with Crippen LogP contribution in [0.1, 0.15) is 17.5 Å². The Bertz CT molecular complexity index is 368. The lowest BCUT2D eigenvalue weighted by Crippen LogP contribution is -2.32. The monoisotopic (exact) mass is 237 g/mol. The summed E-state index contributed by atoms with van der Waals surface area (Å²) in [6.07, 6.45) is 1.55. The van der Waals surface area contributed by atoms with Gasteiger partial charge >= 0.3 is 0 Å². The second kappa shape index (κ2) is 6.00. The Morgan fingerprint density at radius 1 is 1.35 bits per heavy atom. The van der Waals surface area contributed by atoms with Crippen LogP contribution in [0.25, 0.3) is 0 Å². The van der Waals surface area contributed by atoms with Gasteiger partial charge in [-0.1, -0.05) is 12.1 Å². The fraction of sp³-hybridized carbons (Fsp3) is 0.538. The molecule has 0 saturated heterocycles. The molecule has 1 heterocycles. The van der Waals surface area contributed by atoms with Crippen LogP contribution in [-0.2, 0) is 13.0 Å². The zero-order chi connectivity index (χ0) is 12.1. The summed E-state index contributed by atoms with van der Waals surface area (Å²) in [4.78, 5) is 0. The topological polar surface area (TPSA) is 61.7 Å². The van der Waals surface area contributed by atoms with Crippen molar-refractivity contribution in [2.45, 2.75) is 25.4 Å². The van der Waals surface area contributed by atoms with Crippen molar-refractivity contribution in [3.8, 4) is 5.75 Å². The molecule has 3 N–H and O–H groups in total. The molecule has 0 radical (unpaired) electrons. The molecule has 1 aromatic carbocycles. The molecule has 1 atom stereocenters. The second-order valence-electron chi connectivity index (χ2n) is 4.31. The highest BCUT2D eigenvalue weighted by atomic mass is 16.5. The molecule has 4 heteroatoms. The Kier molecular flexibility index (Phi) is 4.36. The van der Waals surface area contributed by atoms with Gasteiger partial charge in [-0.2, -0.15) is 0 Å². The van der Waals surface area contributed by atoms with Crippen LogP contribution in [0.15, 0.2) is 18.2 Å². The molecule has 1 aliphatic rings. The van der Waals surface area contributed by atoms with Crippen molar-refractivity contribution < 1.29 is 14.9 Å². The number of fused-ring (bicyclic) bond motifs is 1. The normalized spacial score (nSPS) is 15.4. The minimum Gasteiger partial charge on any atom is -0.493 e. The van der Waals surface area contributed by atoms with E-state index in [4.69, 9.17) is 14.9 Å². The van der Waals surface area contributed by atoms with Crippen molar-refractivity contribution in [1.82, 2.24) is 5.32 Å². The molecular weight excluding hydrogens is 218 g/mol. The van der Waals surface area contributed by atoms with Crippen LogP contribution in [0.3, 0.4) is 0 Å². The predicted octanol–water partition coefficient (Wildman–Crippen LogP) is 0.454. The molecule has 1 aromatic rings. The summed E-state index contributed by atoms with van der Waals surface area (Å²) >= 11 is 0. The first kappa shape index (κ1) is 12.4. The van der Waals surface area contributed by atoms with E-state index in [9.17, 15) is 0 Å². The number of hydrogen-bond acceptors (Lipinski definition) is 4. The molecule has 94 valence electrons. The van der Waals surface area contributed by atoms with E-state index in [0.29, 0.717) is 13.0 Å². The van der Waals surface area contributed by atoms with E-state index in [2.05, 4.69) is 11.4 Å². The van der Waals surface area contributed by atoms with Gasteiger partial charge in [-0.3, -0.25) is 0 Å². The van der Waals surface area contributed by atoms with E-state index in [1.54, 1.807) is 0 Å². The van der Waals surface area contributed by atoms with Crippen LogP contribution in [0.4, 0.5) is 0 Å². The number of ether oxygens (including phenoxy) is 1. The summed E-state index contributed by atoms with van der Waals surface area (Å²) in [6, 6.07) is 6.14. The largest absolute Gasteiger partial charge is 0.493 e. The van der Waals surface area contributed by atoms with Crippen LogP contribution < -0.4 is 10.1 Å². The molecule has 2 rings (SSSR count). The number of benzene rings is 1. The number of aliphatic hydroxyl groups excluding tert-OH is 2. The van der Waals surface area contributed by atoms with E-state index < -0.39 is 0 Å². The summed E-state index contributed by atoms with van der Waals surface area (Å²) in [6.45, 7) is 1.62. The molecule has 4 nitrogen and oxygen atoms in total. The first-order valence-corrected chi connectivity index (χ1v) is 6.03. The first-order valence-electron chi connectivity index (χ1n) is 6.03. The van der Waals surface area contributed by atoms with Crippen molar-refractivity contribution in [2.24, 2.45) is 0 Å². The molecule has 0 fully saturated rings. The lowest BCUT2D eigenvalue weighted by atomic mass is 10.1. The molecule has 0 bridgehead atoms. The Balaban J connectivity index is 1.90. The fourth-order valence-electron chi connectivity index (χ4n) is 2.03. The van der Waals surface area contributed by atoms with Gasteiger partial charge in [0.15, 0.2) is 0 Å². The maximum atomic E-state index is 9.10.